The number of rotatable bonds is 14. The second-order valence-corrected chi connectivity index (χ2v) is 9.13. The van der Waals surface area contributed by atoms with Crippen molar-refractivity contribution in [1.29, 1.82) is 0 Å². The number of carbonyl (C=O) groups excluding carboxylic acids is 2. The molecule has 0 aromatic heterocycles. The molecule has 1 N–H and O–H groups in total. The van der Waals surface area contributed by atoms with Gasteiger partial charge in [-0.3, -0.25) is 9.59 Å². The lowest BCUT2D eigenvalue weighted by Gasteiger charge is -2.18. The van der Waals surface area contributed by atoms with Crippen molar-refractivity contribution < 1.29 is 24.2 Å². The van der Waals surface area contributed by atoms with Crippen LogP contribution in [-0.2, 0) is 27.3 Å². The summed E-state index contributed by atoms with van der Waals surface area (Å²) < 4.78 is 5.31. The highest BCUT2D eigenvalue weighted by atomic mass is 16.5. The summed E-state index contributed by atoms with van der Waals surface area (Å²) in [4.78, 5) is 37.9. The zero-order chi connectivity index (χ0) is 26.6. The third-order valence-corrected chi connectivity index (χ3v) is 6.26. The summed E-state index contributed by atoms with van der Waals surface area (Å²) in [5.74, 6) is -0.788. The van der Waals surface area contributed by atoms with Crippen molar-refractivity contribution in [1.82, 2.24) is 4.90 Å². The van der Waals surface area contributed by atoms with Crippen LogP contribution in [0.2, 0.25) is 0 Å². The molecule has 1 unspecified atom stereocenters. The number of nitrogens with zero attached hydrogens (tertiary/aromatic N) is 1. The summed E-state index contributed by atoms with van der Waals surface area (Å²) in [5.41, 5.74) is 4.70. The van der Waals surface area contributed by atoms with Gasteiger partial charge in [-0.1, -0.05) is 72.8 Å². The fourth-order valence-corrected chi connectivity index (χ4v) is 4.20. The molecule has 0 saturated heterocycles. The maximum atomic E-state index is 12.6. The highest BCUT2D eigenvalue weighted by Crippen LogP contribution is 2.22. The first-order valence-corrected chi connectivity index (χ1v) is 12.7. The summed E-state index contributed by atoms with van der Waals surface area (Å²) in [6, 6.07) is 25.1. The Balaban J connectivity index is 1.50. The van der Waals surface area contributed by atoms with E-state index in [9.17, 15) is 19.5 Å². The molecule has 0 heterocycles. The van der Waals surface area contributed by atoms with Crippen molar-refractivity contribution in [2.45, 2.75) is 51.7 Å². The first-order chi connectivity index (χ1) is 17.9. The molecule has 0 aliphatic rings. The van der Waals surface area contributed by atoms with Crippen LogP contribution in [0.1, 0.15) is 54.1 Å². The molecule has 0 radical (unpaired) electrons. The minimum atomic E-state index is -0.960. The zero-order valence-electron chi connectivity index (χ0n) is 21.6. The molecule has 1 amide bonds. The molecule has 3 aromatic carbocycles. The zero-order valence-corrected chi connectivity index (χ0v) is 21.6. The number of Topliss-reactive ketones (excluding diaryl/α,β-unsaturated/α-hetero) is 1. The minimum absolute atomic E-state index is 0.0594. The Morgan fingerprint density at radius 1 is 0.838 bits per heavy atom. The Hall–Kier alpha value is -3.77. The highest BCUT2D eigenvalue weighted by Gasteiger charge is 2.18. The van der Waals surface area contributed by atoms with Crippen LogP contribution in [0.15, 0.2) is 78.9 Å². The van der Waals surface area contributed by atoms with Gasteiger partial charge in [0.25, 0.3) is 0 Å². The molecule has 0 spiro atoms. The van der Waals surface area contributed by atoms with Gasteiger partial charge < -0.3 is 14.7 Å². The van der Waals surface area contributed by atoms with Gasteiger partial charge in [0, 0.05) is 45.0 Å². The fourth-order valence-electron chi connectivity index (χ4n) is 4.20. The van der Waals surface area contributed by atoms with E-state index < -0.39 is 12.1 Å². The van der Waals surface area contributed by atoms with Crippen molar-refractivity contribution in [3.63, 3.8) is 0 Å². The number of unbranched alkanes of at least 4 members (excludes halogenated alkanes) is 1. The Labute approximate surface area is 218 Å². The standard InChI is InChI=1S/C31H35NO5/c1-3-37-29(31(35)36)21-23-16-18-25(19-17-23)27-13-9-10-24(20-27)22-32(2)30(34)15-8-7-14-28(33)26-11-5-4-6-12-26/h4-6,9-13,16-20,29H,3,7-8,14-15,21-22H2,1-2H3,(H,35,36). The fraction of sp³-hybridized carbons (Fsp3) is 0.323. The van der Waals surface area contributed by atoms with Gasteiger partial charge in [-0.15, -0.1) is 0 Å². The number of carboxylic acid groups (broad SMARTS) is 1. The molecule has 6 nitrogen and oxygen atoms in total. The Bertz CT molecular complexity index is 1170. The van der Waals surface area contributed by atoms with Crippen molar-refractivity contribution in [3.8, 4) is 11.1 Å². The van der Waals surface area contributed by atoms with Gasteiger partial charge in [0.2, 0.25) is 5.91 Å². The summed E-state index contributed by atoms with van der Waals surface area (Å²) in [6.45, 7) is 2.64. The molecule has 6 heteroatoms. The first-order valence-electron chi connectivity index (χ1n) is 12.7. The van der Waals surface area contributed by atoms with E-state index in [1.807, 2.05) is 72.8 Å². The summed E-state index contributed by atoms with van der Waals surface area (Å²) in [7, 11) is 1.80. The normalized spacial score (nSPS) is 11.6. The number of ketones is 1. The van der Waals surface area contributed by atoms with Gasteiger partial charge in [-0.25, -0.2) is 4.79 Å². The maximum Gasteiger partial charge on any atom is 0.333 e. The predicted molar refractivity (Wildman–Crippen MR) is 144 cm³/mol. The number of hydrogen-bond donors (Lipinski definition) is 1. The molecule has 0 saturated carbocycles. The monoisotopic (exact) mass is 501 g/mol. The first kappa shape index (κ1) is 27.8. The molecule has 3 aromatic rings. The Morgan fingerprint density at radius 2 is 1.54 bits per heavy atom. The largest absolute Gasteiger partial charge is 0.479 e. The number of ether oxygens (including phenoxy) is 1. The van der Waals surface area contributed by atoms with Gasteiger partial charge in [-0.2, -0.15) is 0 Å². The van der Waals surface area contributed by atoms with Crippen LogP contribution in [0.3, 0.4) is 0 Å². The number of carboxylic acids is 1. The molecule has 0 aliphatic heterocycles. The molecule has 0 bridgehead atoms. The van der Waals surface area contributed by atoms with Crippen molar-refractivity contribution >= 4 is 17.7 Å². The lowest BCUT2D eigenvalue weighted by atomic mass is 9.99. The molecular formula is C31H35NO5. The van der Waals surface area contributed by atoms with Gasteiger partial charge in [-0.05, 0) is 48.1 Å². The van der Waals surface area contributed by atoms with E-state index in [0.29, 0.717) is 45.3 Å². The van der Waals surface area contributed by atoms with Crippen molar-refractivity contribution in [2.75, 3.05) is 13.7 Å². The third kappa shape index (κ3) is 8.69. The van der Waals surface area contributed by atoms with Crippen LogP contribution in [0.4, 0.5) is 0 Å². The Morgan fingerprint density at radius 3 is 2.22 bits per heavy atom. The van der Waals surface area contributed by atoms with Crippen molar-refractivity contribution in [2.24, 2.45) is 0 Å². The summed E-state index contributed by atoms with van der Waals surface area (Å²) in [5, 5.41) is 9.30. The van der Waals surface area contributed by atoms with E-state index in [0.717, 1.165) is 27.8 Å². The predicted octanol–water partition coefficient (Wildman–Crippen LogP) is 5.79. The van der Waals surface area contributed by atoms with Gasteiger partial charge >= 0.3 is 5.97 Å². The number of carbonyl (C=O) groups is 3. The van der Waals surface area contributed by atoms with E-state index in [-0.39, 0.29) is 11.7 Å². The maximum absolute atomic E-state index is 12.6. The average molecular weight is 502 g/mol. The Kier molecular flexibility index (Phi) is 10.6. The highest BCUT2D eigenvalue weighted by molar-refractivity contribution is 5.95. The number of benzene rings is 3. The number of aliphatic carboxylic acids is 1. The molecule has 1 atom stereocenters. The van der Waals surface area contributed by atoms with Gasteiger partial charge in [0.1, 0.15) is 0 Å². The summed E-state index contributed by atoms with van der Waals surface area (Å²) >= 11 is 0. The lowest BCUT2D eigenvalue weighted by molar-refractivity contribution is -0.150. The van der Waals surface area contributed by atoms with Crippen LogP contribution in [0.5, 0.6) is 0 Å². The second-order valence-electron chi connectivity index (χ2n) is 9.13. The lowest BCUT2D eigenvalue weighted by Crippen LogP contribution is -2.26. The molecule has 0 aliphatic carbocycles. The van der Waals surface area contributed by atoms with Gasteiger partial charge in [0.05, 0.1) is 0 Å². The topological polar surface area (TPSA) is 83.9 Å². The van der Waals surface area contributed by atoms with Crippen LogP contribution in [-0.4, -0.2) is 47.4 Å². The van der Waals surface area contributed by atoms with E-state index >= 15 is 0 Å². The molecule has 3 rings (SSSR count). The van der Waals surface area contributed by atoms with Crippen LogP contribution in [0.25, 0.3) is 11.1 Å². The van der Waals surface area contributed by atoms with Crippen LogP contribution < -0.4 is 0 Å². The second kappa shape index (κ2) is 14.1. The van der Waals surface area contributed by atoms with Crippen molar-refractivity contribution in [3.05, 3.63) is 95.6 Å². The smallest absolute Gasteiger partial charge is 0.333 e. The number of amides is 1. The molecule has 37 heavy (non-hydrogen) atoms. The van der Waals surface area contributed by atoms with Gasteiger partial charge in [0.15, 0.2) is 11.9 Å². The molecular weight excluding hydrogens is 466 g/mol. The van der Waals surface area contributed by atoms with E-state index in [2.05, 4.69) is 6.07 Å². The average Bonchev–Trinajstić information content (AvgIpc) is 2.91. The summed E-state index contributed by atoms with van der Waals surface area (Å²) in [6.07, 6.45) is 1.70. The quantitative estimate of drug-likeness (QED) is 0.223. The minimum Gasteiger partial charge on any atom is -0.479 e. The van der Waals surface area contributed by atoms with E-state index in [4.69, 9.17) is 4.74 Å². The SMILES string of the molecule is CCOC(Cc1ccc(-c2cccc(CN(C)C(=O)CCCCC(=O)c3ccccc3)c2)cc1)C(=O)O. The number of hydrogen-bond acceptors (Lipinski definition) is 4. The van der Waals surface area contributed by atoms with Crippen LogP contribution in [0, 0.1) is 0 Å². The van der Waals surface area contributed by atoms with E-state index in [1.165, 1.54) is 0 Å². The van der Waals surface area contributed by atoms with E-state index in [1.54, 1.807) is 18.9 Å². The third-order valence-electron chi connectivity index (χ3n) is 6.26. The molecule has 0 fully saturated rings. The molecule has 194 valence electrons. The van der Waals surface area contributed by atoms with Crippen LogP contribution >= 0.6 is 0 Å².